The molecule has 0 saturated heterocycles. The van der Waals surface area contributed by atoms with Crippen LogP contribution in [0.2, 0.25) is 0 Å². The van der Waals surface area contributed by atoms with Gasteiger partial charge in [0.1, 0.15) is 11.5 Å². The van der Waals surface area contributed by atoms with E-state index in [0.29, 0.717) is 41.1 Å². The Balaban J connectivity index is 1.44. The van der Waals surface area contributed by atoms with Gasteiger partial charge in [0, 0.05) is 24.0 Å². The molecule has 0 aliphatic carbocycles. The molecule has 224 valence electrons. The maximum absolute atomic E-state index is 12.5. The van der Waals surface area contributed by atoms with Crippen molar-refractivity contribution < 1.29 is 38.1 Å². The first-order chi connectivity index (χ1) is 20.5. The van der Waals surface area contributed by atoms with Gasteiger partial charge < -0.3 is 18.9 Å². The number of rotatable bonds is 14. The van der Waals surface area contributed by atoms with E-state index in [9.17, 15) is 19.2 Å². The van der Waals surface area contributed by atoms with Crippen molar-refractivity contribution in [2.24, 2.45) is 0 Å². The highest BCUT2D eigenvalue weighted by molar-refractivity contribution is 5.87. The molecule has 43 heavy (non-hydrogen) atoms. The largest absolute Gasteiger partial charge is 0.462 e. The van der Waals surface area contributed by atoms with Gasteiger partial charge in [0.2, 0.25) is 0 Å². The molecule has 0 spiro atoms. The molecule has 0 N–H and O–H groups in total. The maximum atomic E-state index is 12.5. The zero-order chi connectivity index (χ0) is 31.4. The van der Waals surface area contributed by atoms with Crippen LogP contribution in [-0.4, -0.2) is 37.1 Å². The molecular weight excluding hydrogens is 548 g/mol. The second kappa shape index (κ2) is 15.9. The van der Waals surface area contributed by atoms with Crippen LogP contribution in [0.25, 0.3) is 0 Å². The zero-order valence-corrected chi connectivity index (χ0v) is 24.8. The highest BCUT2D eigenvalue weighted by Crippen LogP contribution is 2.24. The van der Waals surface area contributed by atoms with E-state index in [4.69, 9.17) is 18.9 Å². The molecule has 0 aromatic heterocycles. The van der Waals surface area contributed by atoms with Gasteiger partial charge in [-0.3, -0.25) is 9.59 Å². The zero-order valence-electron chi connectivity index (χ0n) is 24.8. The Morgan fingerprint density at radius 3 is 1.44 bits per heavy atom. The Morgan fingerprint density at radius 2 is 1.02 bits per heavy atom. The lowest BCUT2D eigenvalue weighted by molar-refractivity contribution is -0.139. The molecule has 0 heterocycles. The van der Waals surface area contributed by atoms with Crippen molar-refractivity contribution in [3.05, 3.63) is 119 Å². The van der Waals surface area contributed by atoms with Crippen LogP contribution in [0.3, 0.4) is 0 Å². The van der Waals surface area contributed by atoms with Gasteiger partial charge in [0.25, 0.3) is 0 Å². The minimum atomic E-state index is -0.426. The molecule has 8 nitrogen and oxygen atoms in total. The van der Waals surface area contributed by atoms with Crippen molar-refractivity contribution in [3.8, 4) is 11.5 Å². The Kier molecular flexibility index (Phi) is 12.0. The molecule has 0 amide bonds. The number of hydrogen-bond acceptors (Lipinski definition) is 8. The van der Waals surface area contributed by atoms with E-state index in [-0.39, 0.29) is 26.1 Å². The van der Waals surface area contributed by atoms with Crippen LogP contribution in [0.4, 0.5) is 0 Å². The first-order valence-corrected chi connectivity index (χ1v) is 13.8. The van der Waals surface area contributed by atoms with E-state index in [1.54, 1.807) is 39.0 Å². The van der Waals surface area contributed by atoms with Crippen molar-refractivity contribution >= 4 is 23.9 Å². The average molecular weight is 585 g/mol. The fourth-order valence-corrected chi connectivity index (χ4v) is 3.88. The Morgan fingerprint density at radius 1 is 0.605 bits per heavy atom. The van der Waals surface area contributed by atoms with Crippen LogP contribution < -0.4 is 9.47 Å². The fraction of sp³-hybridized carbons (Fsp3) is 0.257. The molecule has 8 heteroatoms. The number of carbonyl (C=O) groups is 4. The van der Waals surface area contributed by atoms with E-state index in [1.807, 2.05) is 48.5 Å². The second-order valence-corrected chi connectivity index (χ2v) is 10.2. The monoisotopic (exact) mass is 584 g/mol. The van der Waals surface area contributed by atoms with Crippen molar-refractivity contribution in [2.75, 3.05) is 13.2 Å². The van der Waals surface area contributed by atoms with Gasteiger partial charge in [0.05, 0.1) is 26.1 Å². The lowest BCUT2D eigenvalue weighted by Crippen LogP contribution is -2.13. The summed E-state index contributed by atoms with van der Waals surface area (Å²) in [7, 11) is 0. The number of hydrogen-bond donors (Lipinski definition) is 0. The van der Waals surface area contributed by atoms with Crippen LogP contribution in [0.15, 0.2) is 91.0 Å². The first kappa shape index (κ1) is 32.5. The SMILES string of the molecule is C=C(C)C(=O)OCCc1ccc(CC(=O)Oc2ccc(OC(=O)Cc3ccc(CCOC(=O)C(=C)C)cc3)c(C)c2)cc1. The molecule has 0 aliphatic heterocycles. The third-order valence-corrected chi connectivity index (χ3v) is 6.29. The van der Waals surface area contributed by atoms with Gasteiger partial charge in [-0.15, -0.1) is 0 Å². The third-order valence-electron chi connectivity index (χ3n) is 6.29. The van der Waals surface area contributed by atoms with Gasteiger partial charge in [-0.05, 0) is 66.8 Å². The Labute approximate surface area is 251 Å². The van der Waals surface area contributed by atoms with Gasteiger partial charge in [-0.2, -0.15) is 0 Å². The van der Waals surface area contributed by atoms with Crippen LogP contribution in [-0.2, 0) is 54.3 Å². The highest BCUT2D eigenvalue weighted by Gasteiger charge is 2.13. The molecule has 3 aromatic carbocycles. The average Bonchev–Trinajstić information content (AvgIpc) is 2.96. The number of aryl methyl sites for hydroxylation is 1. The van der Waals surface area contributed by atoms with Gasteiger partial charge in [-0.25, -0.2) is 9.59 Å². The van der Waals surface area contributed by atoms with E-state index >= 15 is 0 Å². The van der Waals surface area contributed by atoms with Crippen LogP contribution in [0.1, 0.15) is 41.7 Å². The first-order valence-electron chi connectivity index (χ1n) is 13.8. The van der Waals surface area contributed by atoms with Gasteiger partial charge in [-0.1, -0.05) is 61.7 Å². The molecule has 0 saturated carbocycles. The molecular formula is C35H36O8. The van der Waals surface area contributed by atoms with E-state index in [0.717, 1.165) is 22.3 Å². The predicted octanol–water partition coefficient (Wildman–Crippen LogP) is 5.61. The molecule has 0 radical (unpaired) electrons. The summed E-state index contributed by atoms with van der Waals surface area (Å²) < 4.78 is 21.2. The minimum absolute atomic E-state index is 0.0825. The normalized spacial score (nSPS) is 10.4. The van der Waals surface area contributed by atoms with E-state index in [2.05, 4.69) is 13.2 Å². The number of esters is 4. The summed E-state index contributed by atoms with van der Waals surface area (Å²) in [6, 6.07) is 19.7. The Bertz CT molecular complexity index is 1480. The molecule has 3 aromatic rings. The van der Waals surface area contributed by atoms with E-state index < -0.39 is 23.9 Å². The van der Waals surface area contributed by atoms with Crippen LogP contribution >= 0.6 is 0 Å². The maximum Gasteiger partial charge on any atom is 0.333 e. The van der Waals surface area contributed by atoms with E-state index in [1.165, 1.54) is 0 Å². The molecule has 0 atom stereocenters. The number of ether oxygens (including phenoxy) is 4. The Hall–Kier alpha value is -4.98. The van der Waals surface area contributed by atoms with Crippen LogP contribution in [0.5, 0.6) is 11.5 Å². The summed E-state index contributed by atoms with van der Waals surface area (Å²) in [5.74, 6) is -0.951. The van der Waals surface area contributed by atoms with Gasteiger partial charge in [0.15, 0.2) is 0 Å². The lowest BCUT2D eigenvalue weighted by atomic mass is 10.1. The smallest absolute Gasteiger partial charge is 0.333 e. The summed E-state index contributed by atoms with van der Waals surface area (Å²) >= 11 is 0. The lowest BCUT2D eigenvalue weighted by Gasteiger charge is -2.11. The molecule has 0 fully saturated rings. The molecule has 3 rings (SSSR count). The van der Waals surface area contributed by atoms with Crippen molar-refractivity contribution in [1.82, 2.24) is 0 Å². The summed E-state index contributed by atoms with van der Waals surface area (Å²) in [5, 5.41) is 0. The predicted molar refractivity (Wildman–Crippen MR) is 162 cm³/mol. The topological polar surface area (TPSA) is 105 Å². The summed E-state index contributed by atoms with van der Waals surface area (Å²) in [5.41, 5.74) is 4.89. The molecule has 0 aliphatic rings. The molecule has 0 unspecified atom stereocenters. The molecule has 0 bridgehead atoms. The minimum Gasteiger partial charge on any atom is -0.462 e. The summed E-state index contributed by atoms with van der Waals surface area (Å²) in [4.78, 5) is 48.0. The quantitative estimate of drug-likeness (QED) is 0.137. The number of benzene rings is 3. The highest BCUT2D eigenvalue weighted by atomic mass is 16.5. The van der Waals surface area contributed by atoms with Gasteiger partial charge >= 0.3 is 23.9 Å². The number of carbonyl (C=O) groups excluding carboxylic acids is 4. The van der Waals surface area contributed by atoms with Crippen molar-refractivity contribution in [2.45, 2.75) is 46.5 Å². The van der Waals surface area contributed by atoms with Crippen LogP contribution in [0, 0.1) is 6.92 Å². The standard InChI is InChI=1S/C35H36O8/c1-23(2)34(38)40-18-16-26-6-10-28(11-7-26)21-32(36)42-30-14-15-31(25(5)20-30)43-33(37)22-29-12-8-27(9-13-29)17-19-41-35(39)24(3)4/h6-15,20H,1,3,16-19,21-22H2,2,4-5H3. The fourth-order valence-electron chi connectivity index (χ4n) is 3.88. The second-order valence-electron chi connectivity index (χ2n) is 10.2. The van der Waals surface area contributed by atoms with Crippen molar-refractivity contribution in [3.63, 3.8) is 0 Å². The van der Waals surface area contributed by atoms with Crippen molar-refractivity contribution in [1.29, 1.82) is 0 Å². The third kappa shape index (κ3) is 11.1. The summed E-state index contributed by atoms with van der Waals surface area (Å²) in [6.07, 6.45) is 1.28. The summed E-state index contributed by atoms with van der Waals surface area (Å²) in [6.45, 7) is 12.6.